The second kappa shape index (κ2) is 8.62. The molecule has 4 rings (SSSR count). The molecule has 0 atom stereocenters. The number of nitro groups is 1. The number of hydrazone groups is 1. The first-order valence-corrected chi connectivity index (χ1v) is 10.7. The normalized spacial score (nSPS) is 14.4. The fourth-order valence-corrected chi connectivity index (χ4v) is 4.56. The van der Waals surface area contributed by atoms with Crippen LogP contribution in [0.15, 0.2) is 47.6 Å². The summed E-state index contributed by atoms with van der Waals surface area (Å²) in [4.78, 5) is 25.7. The molecule has 0 saturated carbocycles. The molecule has 1 aliphatic heterocycles. The number of rotatable bonds is 5. The van der Waals surface area contributed by atoms with Crippen molar-refractivity contribution in [2.24, 2.45) is 5.10 Å². The van der Waals surface area contributed by atoms with E-state index in [1.165, 1.54) is 48.4 Å². The molecule has 7 nitrogen and oxygen atoms in total. The van der Waals surface area contributed by atoms with Crippen molar-refractivity contribution in [2.45, 2.75) is 26.2 Å². The summed E-state index contributed by atoms with van der Waals surface area (Å²) < 4.78 is 0.818. The Morgan fingerprint density at radius 1 is 1.17 bits per heavy atom. The van der Waals surface area contributed by atoms with Crippen molar-refractivity contribution in [1.29, 1.82) is 0 Å². The number of fused-ring (bicyclic) bond motifs is 1. The molecule has 3 aromatic rings. The third kappa shape index (κ3) is 4.33. The van der Waals surface area contributed by atoms with Crippen molar-refractivity contribution < 1.29 is 9.72 Å². The predicted octanol–water partition coefficient (Wildman–Crippen LogP) is 4.87. The summed E-state index contributed by atoms with van der Waals surface area (Å²) >= 11 is 1.28. The Bertz CT molecular complexity index is 1130. The van der Waals surface area contributed by atoms with Crippen LogP contribution >= 0.6 is 11.3 Å². The molecular weight excluding hydrogens is 400 g/mol. The molecule has 1 aromatic heterocycles. The van der Waals surface area contributed by atoms with E-state index in [2.05, 4.69) is 27.6 Å². The molecule has 2 heterocycles. The van der Waals surface area contributed by atoms with E-state index in [1.54, 1.807) is 18.3 Å². The van der Waals surface area contributed by atoms with Crippen LogP contribution in [0.3, 0.4) is 0 Å². The lowest BCUT2D eigenvalue weighted by Crippen LogP contribution is -2.29. The Kier molecular flexibility index (Phi) is 5.76. The summed E-state index contributed by atoms with van der Waals surface area (Å²) in [5.74, 6) is -0.335. The quantitative estimate of drug-likeness (QED) is 0.361. The van der Waals surface area contributed by atoms with E-state index in [0.29, 0.717) is 10.3 Å². The number of benzene rings is 2. The van der Waals surface area contributed by atoms with Crippen LogP contribution in [0.2, 0.25) is 0 Å². The van der Waals surface area contributed by atoms with Crippen molar-refractivity contribution in [1.82, 2.24) is 5.43 Å². The highest BCUT2D eigenvalue weighted by Crippen LogP contribution is 2.29. The second-order valence-corrected chi connectivity index (χ2v) is 8.46. The van der Waals surface area contributed by atoms with Crippen molar-refractivity contribution in [3.8, 4) is 0 Å². The van der Waals surface area contributed by atoms with Gasteiger partial charge in [0.25, 0.3) is 11.6 Å². The first-order valence-electron chi connectivity index (χ1n) is 9.88. The maximum absolute atomic E-state index is 12.4. The van der Waals surface area contributed by atoms with Gasteiger partial charge in [-0.3, -0.25) is 14.9 Å². The Hall–Kier alpha value is -3.26. The zero-order valence-electron chi connectivity index (χ0n) is 16.6. The van der Waals surface area contributed by atoms with Gasteiger partial charge < -0.3 is 4.90 Å². The van der Waals surface area contributed by atoms with Crippen LogP contribution in [0.4, 0.5) is 11.4 Å². The monoisotopic (exact) mass is 422 g/mol. The zero-order chi connectivity index (χ0) is 21.1. The highest BCUT2D eigenvalue weighted by molar-refractivity contribution is 7.20. The number of carbonyl (C=O) groups excluding carboxylic acids is 1. The maximum atomic E-state index is 12.4. The number of nitrogens with zero attached hydrogens (tertiary/aromatic N) is 3. The van der Waals surface area contributed by atoms with E-state index in [-0.39, 0.29) is 11.6 Å². The second-order valence-electron chi connectivity index (χ2n) is 7.38. The summed E-state index contributed by atoms with van der Waals surface area (Å²) in [6, 6.07) is 12.5. The Labute approximate surface area is 178 Å². The van der Waals surface area contributed by atoms with Crippen molar-refractivity contribution in [3.63, 3.8) is 0 Å². The molecule has 1 N–H and O–H groups in total. The van der Waals surface area contributed by atoms with Gasteiger partial charge in [0.2, 0.25) is 0 Å². The average molecular weight is 423 g/mol. The molecule has 0 bridgehead atoms. The minimum atomic E-state index is -0.444. The number of hydrogen-bond donors (Lipinski definition) is 1. The highest BCUT2D eigenvalue weighted by Gasteiger charge is 2.14. The summed E-state index contributed by atoms with van der Waals surface area (Å²) in [7, 11) is 0. The van der Waals surface area contributed by atoms with E-state index in [4.69, 9.17) is 0 Å². The average Bonchev–Trinajstić information content (AvgIpc) is 3.19. The third-order valence-corrected chi connectivity index (χ3v) is 6.39. The van der Waals surface area contributed by atoms with Gasteiger partial charge in [-0.15, -0.1) is 11.3 Å². The van der Waals surface area contributed by atoms with Crippen LogP contribution in [0.5, 0.6) is 0 Å². The predicted molar refractivity (Wildman–Crippen MR) is 121 cm³/mol. The molecule has 1 fully saturated rings. The summed E-state index contributed by atoms with van der Waals surface area (Å²) in [5, 5.41) is 15.7. The van der Waals surface area contributed by atoms with Crippen LogP contribution in [-0.2, 0) is 0 Å². The van der Waals surface area contributed by atoms with Gasteiger partial charge in [0.15, 0.2) is 0 Å². The number of nitro benzene ring substituents is 1. The van der Waals surface area contributed by atoms with Crippen LogP contribution in [0.1, 0.15) is 40.1 Å². The molecule has 1 amide bonds. The fraction of sp³-hybridized carbons (Fsp3) is 0.273. The van der Waals surface area contributed by atoms with Gasteiger partial charge in [0, 0.05) is 41.0 Å². The summed E-state index contributed by atoms with van der Waals surface area (Å²) in [6.07, 6.45) is 5.42. The topological polar surface area (TPSA) is 87.8 Å². The van der Waals surface area contributed by atoms with Crippen molar-refractivity contribution >= 4 is 44.9 Å². The number of anilines is 1. The van der Waals surface area contributed by atoms with Crippen molar-refractivity contribution in [3.05, 3.63) is 68.6 Å². The van der Waals surface area contributed by atoms with Gasteiger partial charge in [0.1, 0.15) is 0 Å². The van der Waals surface area contributed by atoms with Gasteiger partial charge in [-0.05, 0) is 61.6 Å². The smallest absolute Gasteiger partial charge is 0.281 e. The number of amides is 1. The van der Waals surface area contributed by atoms with Gasteiger partial charge in [-0.25, -0.2) is 5.43 Å². The number of aryl methyl sites for hydroxylation is 1. The van der Waals surface area contributed by atoms with Gasteiger partial charge >= 0.3 is 0 Å². The first-order chi connectivity index (χ1) is 14.5. The fourth-order valence-electron chi connectivity index (χ4n) is 3.63. The highest BCUT2D eigenvalue weighted by atomic mass is 32.1. The molecule has 1 aliphatic rings. The maximum Gasteiger partial charge on any atom is 0.281 e. The van der Waals surface area contributed by atoms with E-state index >= 15 is 0 Å². The molecule has 0 aliphatic carbocycles. The van der Waals surface area contributed by atoms with Crippen LogP contribution in [0, 0.1) is 17.0 Å². The first kappa shape index (κ1) is 20.0. The number of carbonyl (C=O) groups is 1. The Morgan fingerprint density at radius 3 is 2.70 bits per heavy atom. The molecule has 0 radical (unpaired) electrons. The standard InChI is InChI=1S/C22H22N4O3S/c1-15-11-18(25-9-3-2-4-10-25)6-5-16(15)14-23-24-22(27)21-13-17-12-19(26(28)29)7-8-20(17)30-21/h5-8,11-14H,2-4,9-10H2,1H3,(H,24,27)/b23-14-. The summed E-state index contributed by atoms with van der Waals surface area (Å²) in [5.41, 5.74) is 5.83. The number of hydrogen-bond acceptors (Lipinski definition) is 6. The Morgan fingerprint density at radius 2 is 1.97 bits per heavy atom. The molecular formula is C22H22N4O3S. The van der Waals surface area contributed by atoms with E-state index in [1.807, 2.05) is 13.0 Å². The van der Waals surface area contributed by atoms with E-state index < -0.39 is 4.92 Å². The number of nitrogens with one attached hydrogen (secondary N) is 1. The largest absolute Gasteiger partial charge is 0.372 e. The van der Waals surface area contributed by atoms with Crippen LogP contribution in [0.25, 0.3) is 10.1 Å². The lowest BCUT2D eigenvalue weighted by atomic mass is 10.1. The number of non-ortho nitro benzene ring substituents is 1. The Balaban J connectivity index is 1.43. The molecule has 1 saturated heterocycles. The lowest BCUT2D eigenvalue weighted by Gasteiger charge is -2.29. The van der Waals surface area contributed by atoms with Gasteiger partial charge in [-0.2, -0.15) is 5.10 Å². The molecule has 154 valence electrons. The van der Waals surface area contributed by atoms with Crippen molar-refractivity contribution in [2.75, 3.05) is 18.0 Å². The SMILES string of the molecule is Cc1cc(N2CCCCC2)ccc1/C=N\NC(=O)c1cc2cc([N+](=O)[O-])ccc2s1. The zero-order valence-corrected chi connectivity index (χ0v) is 17.4. The molecule has 0 unspecified atom stereocenters. The van der Waals surface area contributed by atoms with E-state index in [9.17, 15) is 14.9 Å². The van der Waals surface area contributed by atoms with Gasteiger partial charge in [0.05, 0.1) is 16.0 Å². The number of thiophene rings is 1. The van der Waals surface area contributed by atoms with Crippen LogP contribution < -0.4 is 10.3 Å². The minimum absolute atomic E-state index is 0.00811. The lowest BCUT2D eigenvalue weighted by molar-refractivity contribution is -0.384. The minimum Gasteiger partial charge on any atom is -0.372 e. The van der Waals surface area contributed by atoms with E-state index in [0.717, 1.165) is 28.9 Å². The molecule has 8 heteroatoms. The molecule has 30 heavy (non-hydrogen) atoms. The van der Waals surface area contributed by atoms with Crippen LogP contribution in [-0.4, -0.2) is 30.1 Å². The third-order valence-electron chi connectivity index (χ3n) is 5.28. The summed E-state index contributed by atoms with van der Waals surface area (Å²) in [6.45, 7) is 4.23. The number of piperidine rings is 1. The molecule has 0 spiro atoms. The van der Waals surface area contributed by atoms with Gasteiger partial charge in [-0.1, -0.05) is 6.07 Å². The molecule has 2 aromatic carbocycles.